The largest absolute Gasteiger partial charge is 0.530 e. The summed E-state index contributed by atoms with van der Waals surface area (Å²) in [5.41, 5.74) is 3.80. The molecule has 0 saturated carbocycles. The van der Waals surface area contributed by atoms with Crippen LogP contribution in [0.5, 0.6) is 5.75 Å². The molecule has 1 unspecified atom stereocenters. The van der Waals surface area contributed by atoms with Gasteiger partial charge in [-0.2, -0.15) is 0 Å². The van der Waals surface area contributed by atoms with Crippen LogP contribution in [0.3, 0.4) is 0 Å². The Morgan fingerprint density at radius 3 is 2.19 bits per heavy atom. The maximum Gasteiger partial charge on any atom is 0.530 e. The van der Waals surface area contributed by atoms with Gasteiger partial charge in [0.1, 0.15) is 24.0 Å². The van der Waals surface area contributed by atoms with E-state index in [9.17, 15) is 24.1 Å². The van der Waals surface area contributed by atoms with Crippen molar-refractivity contribution in [2.75, 3.05) is 19.8 Å². The van der Waals surface area contributed by atoms with E-state index >= 15 is 0 Å². The second-order valence-electron chi connectivity index (χ2n) is 9.69. The van der Waals surface area contributed by atoms with Crippen molar-refractivity contribution in [3.63, 3.8) is 0 Å². The Morgan fingerprint density at radius 2 is 1.58 bits per heavy atom. The highest BCUT2D eigenvalue weighted by atomic mass is 31.2. The fourth-order valence-electron chi connectivity index (χ4n) is 5.17. The van der Waals surface area contributed by atoms with Gasteiger partial charge in [0, 0.05) is 29.9 Å². The van der Waals surface area contributed by atoms with Crippen LogP contribution >= 0.6 is 7.82 Å². The molecular weight excluding hydrogens is 577 g/mol. The van der Waals surface area contributed by atoms with Crippen LogP contribution in [0, 0.1) is 0 Å². The first kappa shape index (κ1) is 30.0. The highest BCUT2D eigenvalue weighted by molar-refractivity contribution is 7.48. The van der Waals surface area contributed by atoms with E-state index in [4.69, 9.17) is 22.7 Å². The second-order valence-corrected chi connectivity index (χ2v) is 11.3. The Morgan fingerprint density at radius 1 is 0.953 bits per heavy atom. The first-order valence-corrected chi connectivity index (χ1v) is 15.2. The zero-order valence-corrected chi connectivity index (χ0v) is 24.4. The van der Waals surface area contributed by atoms with Gasteiger partial charge in [-0.15, -0.1) is 0 Å². The molecule has 0 radical (unpaired) electrons. The molecule has 1 aliphatic rings. The summed E-state index contributed by atoms with van der Waals surface area (Å²) >= 11 is 0. The number of hydrogen-bond acceptors (Lipinski definition) is 9. The van der Waals surface area contributed by atoms with Gasteiger partial charge in [0.25, 0.3) is 0 Å². The van der Waals surface area contributed by atoms with Gasteiger partial charge in [-0.3, -0.25) is 9.05 Å². The molecule has 1 amide bonds. The Balaban J connectivity index is 1.31. The van der Waals surface area contributed by atoms with Crippen molar-refractivity contribution >= 4 is 30.9 Å². The number of phosphoric acid groups is 1. The van der Waals surface area contributed by atoms with Crippen LogP contribution in [-0.4, -0.2) is 43.0 Å². The van der Waals surface area contributed by atoms with E-state index in [1.165, 1.54) is 18.2 Å². The van der Waals surface area contributed by atoms with Crippen LogP contribution in [0.15, 0.2) is 82.0 Å². The third-order valence-corrected chi connectivity index (χ3v) is 8.53. The van der Waals surface area contributed by atoms with Gasteiger partial charge < -0.3 is 24.1 Å². The van der Waals surface area contributed by atoms with Gasteiger partial charge in [-0.05, 0) is 53.8 Å². The number of nitrogens with one attached hydrogen (secondary N) is 1. The summed E-state index contributed by atoms with van der Waals surface area (Å²) in [5.74, 6) is -1.45. The quantitative estimate of drug-likeness (QED) is 0.147. The lowest BCUT2D eigenvalue weighted by Gasteiger charge is -2.18. The van der Waals surface area contributed by atoms with Gasteiger partial charge in [0.2, 0.25) is 0 Å². The Hall–Kier alpha value is -4.44. The number of ether oxygens (including phenoxy) is 1. The highest BCUT2D eigenvalue weighted by Crippen LogP contribution is 2.49. The molecule has 1 heterocycles. The van der Waals surface area contributed by atoms with E-state index < -0.39 is 31.6 Å². The number of benzene rings is 3. The lowest BCUT2D eigenvalue weighted by molar-refractivity contribution is -0.139. The number of hydrogen-bond donors (Lipinski definition) is 2. The average molecular weight is 608 g/mol. The van der Waals surface area contributed by atoms with E-state index in [0.717, 1.165) is 28.3 Å². The molecule has 224 valence electrons. The number of alkyl carbamates (subject to hydrolysis) is 1. The predicted octanol–water partition coefficient (Wildman–Crippen LogP) is 5.89. The predicted molar refractivity (Wildman–Crippen MR) is 157 cm³/mol. The van der Waals surface area contributed by atoms with Gasteiger partial charge in [-0.25, -0.2) is 18.9 Å². The van der Waals surface area contributed by atoms with Crippen LogP contribution in [0.2, 0.25) is 0 Å². The number of aliphatic carboxylic acids is 1. The molecule has 43 heavy (non-hydrogen) atoms. The molecule has 3 aromatic carbocycles. The average Bonchev–Trinajstić information content (AvgIpc) is 3.29. The van der Waals surface area contributed by atoms with Gasteiger partial charge in [0.05, 0.1) is 13.2 Å². The van der Waals surface area contributed by atoms with Crippen molar-refractivity contribution in [1.82, 2.24) is 5.32 Å². The van der Waals surface area contributed by atoms with Gasteiger partial charge in [-0.1, -0.05) is 48.5 Å². The summed E-state index contributed by atoms with van der Waals surface area (Å²) in [4.78, 5) is 37.3. The molecule has 0 bridgehead atoms. The van der Waals surface area contributed by atoms with Crippen LogP contribution in [0.4, 0.5) is 4.79 Å². The van der Waals surface area contributed by atoms with Crippen LogP contribution in [0.25, 0.3) is 22.1 Å². The molecule has 0 aliphatic heterocycles. The summed E-state index contributed by atoms with van der Waals surface area (Å²) in [6.45, 7) is 3.45. The molecule has 1 atom stereocenters. The minimum atomic E-state index is -3.90. The summed E-state index contributed by atoms with van der Waals surface area (Å²) in [7, 11) is -3.90. The van der Waals surface area contributed by atoms with Crippen molar-refractivity contribution in [2.24, 2.45) is 0 Å². The summed E-state index contributed by atoms with van der Waals surface area (Å²) in [5, 5.41) is 12.7. The summed E-state index contributed by atoms with van der Waals surface area (Å²) < 4.78 is 39.3. The van der Waals surface area contributed by atoms with E-state index in [-0.39, 0.29) is 43.5 Å². The van der Waals surface area contributed by atoms with Crippen LogP contribution in [0.1, 0.15) is 36.5 Å². The second kappa shape index (κ2) is 12.8. The van der Waals surface area contributed by atoms with Crippen molar-refractivity contribution in [2.45, 2.75) is 32.2 Å². The normalized spacial score (nSPS) is 13.3. The van der Waals surface area contributed by atoms with Gasteiger partial charge in [0.15, 0.2) is 0 Å². The third-order valence-electron chi connectivity index (χ3n) is 6.95. The molecule has 2 N–H and O–H groups in total. The Bertz CT molecular complexity index is 1710. The molecule has 4 aromatic rings. The third kappa shape index (κ3) is 6.64. The Kier molecular flexibility index (Phi) is 8.96. The molecular formula is C31H30NO10P. The molecule has 5 rings (SSSR count). The standard InChI is InChI=1S/C31H30NO10P/c1-3-39-43(37,40-4-2)42-20-13-14-21-19(16-29(33)41-28(21)17-20)15-27(30(34)35)32-31(36)38-18-26-24-11-7-5-9-22(24)23-10-6-8-12-25(23)26/h5-14,16-17,26-27H,3-4,15,18H2,1-2H3,(H,32,36)(H,34,35). The molecule has 11 nitrogen and oxygen atoms in total. The van der Waals surface area contributed by atoms with Crippen molar-refractivity contribution < 1.29 is 42.0 Å². The summed E-state index contributed by atoms with van der Waals surface area (Å²) in [6.07, 6.45) is -1.14. The van der Waals surface area contributed by atoms with E-state index in [0.29, 0.717) is 10.9 Å². The number of carboxylic acids is 1. The molecule has 0 spiro atoms. The molecule has 12 heteroatoms. The fraction of sp³-hybridized carbons (Fsp3) is 0.258. The lowest BCUT2D eigenvalue weighted by Crippen LogP contribution is -2.43. The van der Waals surface area contributed by atoms with E-state index in [2.05, 4.69) is 5.32 Å². The number of fused-ring (bicyclic) bond motifs is 4. The Labute approximate surface area is 247 Å². The maximum absolute atomic E-state index is 12.8. The van der Waals surface area contributed by atoms with Crippen molar-refractivity contribution in [3.05, 3.63) is 99.9 Å². The first-order chi connectivity index (χ1) is 20.7. The SMILES string of the molecule is CCOP(=O)(OCC)Oc1ccc2c(CC(NC(=O)OCC3c4ccccc4-c4ccccc43)C(=O)O)cc(=O)oc2c1. The van der Waals surface area contributed by atoms with E-state index in [1.54, 1.807) is 13.8 Å². The first-order valence-electron chi connectivity index (χ1n) is 13.7. The number of phosphoric ester groups is 1. The fourth-order valence-corrected chi connectivity index (χ4v) is 6.36. The van der Waals surface area contributed by atoms with Crippen molar-refractivity contribution in [1.29, 1.82) is 0 Å². The number of carboxylic acid groups (broad SMARTS) is 1. The number of carbonyl (C=O) groups excluding carboxylic acids is 1. The van der Waals surface area contributed by atoms with Gasteiger partial charge >= 0.3 is 25.5 Å². The minimum Gasteiger partial charge on any atom is -0.480 e. The minimum absolute atomic E-state index is 0.0141. The molecule has 1 aliphatic carbocycles. The van der Waals surface area contributed by atoms with Crippen LogP contribution in [-0.2, 0) is 29.6 Å². The number of carbonyl (C=O) groups is 2. The van der Waals surface area contributed by atoms with Crippen LogP contribution < -0.4 is 15.5 Å². The van der Waals surface area contributed by atoms with Crippen molar-refractivity contribution in [3.8, 4) is 16.9 Å². The highest BCUT2D eigenvalue weighted by Gasteiger charge is 2.31. The molecule has 0 fully saturated rings. The smallest absolute Gasteiger partial charge is 0.480 e. The number of rotatable bonds is 12. The maximum atomic E-state index is 12.8. The zero-order valence-electron chi connectivity index (χ0n) is 23.5. The lowest BCUT2D eigenvalue weighted by atomic mass is 9.98. The molecule has 1 aromatic heterocycles. The zero-order chi connectivity index (χ0) is 30.6. The number of amides is 1. The molecule has 0 saturated heterocycles. The monoisotopic (exact) mass is 607 g/mol. The van der Waals surface area contributed by atoms with E-state index in [1.807, 2.05) is 48.5 Å². The summed E-state index contributed by atoms with van der Waals surface area (Å²) in [6, 6.07) is 19.8. The topological polar surface area (TPSA) is 151 Å².